The molecule has 0 heterocycles. The summed E-state index contributed by atoms with van der Waals surface area (Å²) in [7, 11) is 1.64. The lowest BCUT2D eigenvalue weighted by Gasteiger charge is -2.27. The lowest BCUT2D eigenvalue weighted by atomic mass is 10.1. The summed E-state index contributed by atoms with van der Waals surface area (Å²) in [6, 6.07) is 17.4. The normalized spacial score (nSPS) is 10.4. The maximum Gasteiger partial charge on any atom is 0.223 e. The average Bonchev–Trinajstić information content (AvgIpc) is 2.64. The highest BCUT2D eigenvalue weighted by molar-refractivity contribution is 5.76. The Morgan fingerprint density at radius 1 is 1.16 bits per heavy atom. The number of benzene rings is 2. The fourth-order valence-corrected chi connectivity index (χ4v) is 2.66. The molecule has 0 aliphatic rings. The van der Waals surface area contributed by atoms with Gasteiger partial charge >= 0.3 is 0 Å². The summed E-state index contributed by atoms with van der Waals surface area (Å²) in [6.45, 7) is 4.60. The highest BCUT2D eigenvalue weighted by atomic mass is 16.5. The van der Waals surface area contributed by atoms with Gasteiger partial charge in [-0.1, -0.05) is 24.3 Å². The number of methoxy groups -OCH3 is 1. The van der Waals surface area contributed by atoms with E-state index < -0.39 is 0 Å². The van der Waals surface area contributed by atoms with Crippen molar-refractivity contribution in [1.29, 1.82) is 5.26 Å². The van der Waals surface area contributed by atoms with Crippen LogP contribution in [0.15, 0.2) is 48.5 Å². The lowest BCUT2D eigenvalue weighted by molar-refractivity contribution is -0.133. The molecular weight excluding hydrogens is 312 g/mol. The Bertz CT molecular complexity index is 745. The summed E-state index contributed by atoms with van der Waals surface area (Å²) in [5, 5.41) is 8.88. The van der Waals surface area contributed by atoms with E-state index in [-0.39, 0.29) is 11.9 Å². The monoisotopic (exact) mass is 336 g/mol. The Morgan fingerprint density at radius 3 is 2.48 bits per heavy atom. The largest absolute Gasteiger partial charge is 0.497 e. The highest BCUT2D eigenvalue weighted by Gasteiger charge is 2.17. The molecule has 0 saturated carbocycles. The summed E-state index contributed by atoms with van der Waals surface area (Å²) in [6.07, 6.45) is 1.15. The first-order valence-electron chi connectivity index (χ1n) is 8.45. The molecule has 130 valence electrons. The van der Waals surface area contributed by atoms with E-state index in [1.807, 2.05) is 55.1 Å². The Morgan fingerprint density at radius 2 is 1.88 bits per heavy atom. The minimum Gasteiger partial charge on any atom is -0.497 e. The molecule has 1 amide bonds. The SMILES string of the molecule is COc1cccc(CCC(=O)N(Cc2ccc(C#N)cc2)C(C)C)c1. The van der Waals surface area contributed by atoms with Crippen molar-refractivity contribution in [2.75, 3.05) is 7.11 Å². The van der Waals surface area contributed by atoms with E-state index in [9.17, 15) is 4.79 Å². The first-order chi connectivity index (χ1) is 12.0. The maximum atomic E-state index is 12.7. The first kappa shape index (κ1) is 18.5. The number of hydrogen-bond acceptors (Lipinski definition) is 3. The molecule has 25 heavy (non-hydrogen) atoms. The Hall–Kier alpha value is -2.80. The van der Waals surface area contributed by atoms with Crippen molar-refractivity contribution in [2.24, 2.45) is 0 Å². The third kappa shape index (κ3) is 5.36. The molecule has 0 atom stereocenters. The van der Waals surface area contributed by atoms with Gasteiger partial charge in [-0.05, 0) is 55.7 Å². The van der Waals surface area contributed by atoms with Crippen LogP contribution in [0.25, 0.3) is 0 Å². The minimum atomic E-state index is 0.119. The molecule has 0 spiro atoms. The van der Waals surface area contributed by atoms with Gasteiger partial charge in [-0.2, -0.15) is 5.26 Å². The zero-order valence-corrected chi connectivity index (χ0v) is 15.0. The first-order valence-corrected chi connectivity index (χ1v) is 8.45. The number of rotatable bonds is 7. The number of nitrogens with zero attached hydrogens (tertiary/aromatic N) is 2. The summed E-state index contributed by atoms with van der Waals surface area (Å²) in [4.78, 5) is 14.6. The van der Waals surface area contributed by atoms with Crippen molar-refractivity contribution in [3.8, 4) is 11.8 Å². The van der Waals surface area contributed by atoms with Crippen LogP contribution in [0, 0.1) is 11.3 Å². The maximum absolute atomic E-state index is 12.7. The van der Waals surface area contributed by atoms with Gasteiger partial charge in [0.25, 0.3) is 0 Å². The zero-order valence-electron chi connectivity index (χ0n) is 15.0. The number of hydrogen-bond donors (Lipinski definition) is 0. The van der Waals surface area contributed by atoms with Crippen molar-refractivity contribution in [2.45, 2.75) is 39.3 Å². The molecule has 0 aromatic heterocycles. The quantitative estimate of drug-likeness (QED) is 0.769. The van der Waals surface area contributed by atoms with Crippen molar-refractivity contribution >= 4 is 5.91 Å². The van der Waals surface area contributed by atoms with Crippen molar-refractivity contribution < 1.29 is 9.53 Å². The smallest absolute Gasteiger partial charge is 0.223 e. The van der Waals surface area contributed by atoms with Gasteiger partial charge in [0.2, 0.25) is 5.91 Å². The lowest BCUT2D eigenvalue weighted by Crippen LogP contribution is -2.36. The van der Waals surface area contributed by atoms with Crippen LogP contribution < -0.4 is 4.74 Å². The fourth-order valence-electron chi connectivity index (χ4n) is 2.66. The molecule has 0 bridgehead atoms. The number of ether oxygens (including phenoxy) is 1. The van der Waals surface area contributed by atoms with Gasteiger partial charge in [0, 0.05) is 19.0 Å². The minimum absolute atomic E-state index is 0.119. The van der Waals surface area contributed by atoms with Crippen LogP contribution in [0.5, 0.6) is 5.75 Å². The Labute approximate surface area is 149 Å². The van der Waals surface area contributed by atoms with Gasteiger partial charge in [-0.25, -0.2) is 0 Å². The third-order valence-electron chi connectivity index (χ3n) is 4.14. The fraction of sp³-hybridized carbons (Fsp3) is 0.333. The Kier molecular flexibility index (Phi) is 6.59. The number of aryl methyl sites for hydroxylation is 1. The van der Waals surface area contributed by atoms with Crippen LogP contribution in [0.3, 0.4) is 0 Å². The highest BCUT2D eigenvalue weighted by Crippen LogP contribution is 2.16. The predicted molar refractivity (Wildman–Crippen MR) is 98.2 cm³/mol. The average molecular weight is 336 g/mol. The van der Waals surface area contributed by atoms with Gasteiger partial charge in [0.05, 0.1) is 18.7 Å². The summed E-state index contributed by atoms with van der Waals surface area (Å²) >= 11 is 0. The topological polar surface area (TPSA) is 53.3 Å². The number of amides is 1. The van der Waals surface area contributed by atoms with Crippen LogP contribution in [0.2, 0.25) is 0 Å². The molecule has 0 fully saturated rings. The van der Waals surface area contributed by atoms with E-state index in [2.05, 4.69) is 6.07 Å². The summed E-state index contributed by atoms with van der Waals surface area (Å²) in [5.41, 5.74) is 2.75. The second-order valence-electron chi connectivity index (χ2n) is 6.28. The van der Waals surface area contributed by atoms with Gasteiger partial charge in [0.1, 0.15) is 5.75 Å². The molecule has 2 aromatic rings. The Balaban J connectivity index is 2.00. The van der Waals surface area contributed by atoms with E-state index in [0.29, 0.717) is 24.9 Å². The molecule has 2 rings (SSSR count). The summed E-state index contributed by atoms with van der Waals surface area (Å²) < 4.78 is 5.23. The molecule has 0 radical (unpaired) electrons. The van der Waals surface area contributed by atoms with E-state index in [0.717, 1.165) is 16.9 Å². The molecule has 0 saturated heterocycles. The number of nitriles is 1. The molecule has 0 unspecified atom stereocenters. The molecular formula is C21H24N2O2. The van der Waals surface area contributed by atoms with Gasteiger partial charge in [-0.3, -0.25) is 4.79 Å². The zero-order chi connectivity index (χ0) is 18.2. The van der Waals surface area contributed by atoms with Crippen LogP contribution in [0.1, 0.15) is 37.0 Å². The van der Waals surface area contributed by atoms with Gasteiger partial charge in [-0.15, -0.1) is 0 Å². The molecule has 0 aliphatic carbocycles. The van der Waals surface area contributed by atoms with Crippen molar-refractivity contribution in [3.63, 3.8) is 0 Å². The van der Waals surface area contributed by atoms with E-state index >= 15 is 0 Å². The third-order valence-corrected chi connectivity index (χ3v) is 4.14. The second kappa shape index (κ2) is 8.89. The molecule has 0 N–H and O–H groups in total. The van der Waals surface area contributed by atoms with E-state index in [4.69, 9.17) is 10.00 Å². The molecule has 4 heteroatoms. The van der Waals surface area contributed by atoms with Gasteiger partial charge in [0.15, 0.2) is 0 Å². The second-order valence-corrected chi connectivity index (χ2v) is 6.28. The van der Waals surface area contributed by atoms with Gasteiger partial charge < -0.3 is 9.64 Å². The van der Waals surface area contributed by atoms with E-state index in [1.54, 1.807) is 19.2 Å². The van der Waals surface area contributed by atoms with Crippen LogP contribution in [-0.4, -0.2) is 24.0 Å². The van der Waals surface area contributed by atoms with Crippen LogP contribution in [-0.2, 0) is 17.8 Å². The number of carbonyl (C=O) groups excluding carboxylic acids is 1. The molecule has 2 aromatic carbocycles. The predicted octanol–water partition coefficient (Wildman–Crippen LogP) is 3.94. The number of carbonyl (C=O) groups is 1. The van der Waals surface area contributed by atoms with E-state index in [1.165, 1.54) is 0 Å². The summed E-state index contributed by atoms with van der Waals surface area (Å²) in [5.74, 6) is 0.936. The standard InChI is InChI=1S/C21H24N2O2/c1-16(2)23(15-19-9-7-18(14-22)8-10-19)21(24)12-11-17-5-4-6-20(13-17)25-3/h4-10,13,16H,11-12,15H2,1-3H3. The van der Waals surface area contributed by atoms with Crippen LogP contribution >= 0.6 is 0 Å². The molecule has 4 nitrogen and oxygen atoms in total. The van der Waals surface area contributed by atoms with Crippen LogP contribution in [0.4, 0.5) is 0 Å². The van der Waals surface area contributed by atoms with Crippen molar-refractivity contribution in [3.05, 3.63) is 65.2 Å². The molecule has 0 aliphatic heterocycles. The van der Waals surface area contributed by atoms with Crippen molar-refractivity contribution in [1.82, 2.24) is 4.90 Å².